The monoisotopic (exact) mass is 577 g/mol. The quantitative estimate of drug-likeness (QED) is 0.309. The first-order chi connectivity index (χ1) is 18.2. The van der Waals surface area contributed by atoms with Gasteiger partial charge in [0.05, 0.1) is 17.3 Å². The second-order valence-electron chi connectivity index (χ2n) is 8.50. The lowest BCUT2D eigenvalue weighted by molar-refractivity contribution is -0.122. The lowest BCUT2D eigenvalue weighted by Crippen LogP contribution is -2.54. The van der Waals surface area contributed by atoms with Gasteiger partial charge in [0.1, 0.15) is 17.1 Å². The molecule has 5 amide bonds. The molecule has 4 rings (SSSR count). The number of halogens is 1. The molecule has 1 fully saturated rings. The molecule has 0 spiro atoms. The van der Waals surface area contributed by atoms with Crippen LogP contribution in [0.1, 0.15) is 16.7 Å². The summed E-state index contributed by atoms with van der Waals surface area (Å²) in [4.78, 5) is 51.2. The van der Waals surface area contributed by atoms with Crippen molar-refractivity contribution in [2.45, 2.75) is 13.8 Å². The van der Waals surface area contributed by atoms with E-state index >= 15 is 0 Å². The minimum atomic E-state index is -0.841. The van der Waals surface area contributed by atoms with Crippen molar-refractivity contribution in [1.82, 2.24) is 5.32 Å². The number of urea groups is 1. The summed E-state index contributed by atoms with van der Waals surface area (Å²) in [6.45, 7) is 3.63. The Morgan fingerprint density at radius 1 is 1.03 bits per heavy atom. The summed E-state index contributed by atoms with van der Waals surface area (Å²) in [6, 6.07) is 16.1. The molecule has 0 bridgehead atoms. The summed E-state index contributed by atoms with van der Waals surface area (Å²) in [6.07, 6.45) is 1.38. The first kappa shape index (κ1) is 26.6. The van der Waals surface area contributed by atoms with E-state index in [4.69, 9.17) is 9.47 Å². The average Bonchev–Trinajstić information content (AvgIpc) is 2.88. The molecule has 0 aliphatic carbocycles. The Morgan fingerprint density at radius 3 is 2.45 bits per heavy atom. The first-order valence-electron chi connectivity index (χ1n) is 11.5. The molecule has 3 aromatic rings. The van der Waals surface area contributed by atoms with Crippen LogP contribution in [0.5, 0.6) is 11.5 Å². The van der Waals surface area contributed by atoms with Crippen LogP contribution in [-0.2, 0) is 14.4 Å². The van der Waals surface area contributed by atoms with E-state index in [1.54, 1.807) is 42.5 Å². The summed E-state index contributed by atoms with van der Waals surface area (Å²) < 4.78 is 11.3. The Labute approximate surface area is 227 Å². The molecule has 9 nitrogen and oxygen atoms in total. The standard InChI is InChI=1S/C28H24BrN3O6/c1-16-4-5-17(2)23(12-16)30-25(33)15-38-24-11-6-18(14-22(24)29)13-21-26(34)31-28(36)32(27(21)35)19-7-9-20(37-3)10-8-19/h4-14H,15H2,1-3H3,(H,30,33)(H,31,34,36)/b21-13+. The number of ether oxygens (including phenoxy) is 2. The number of nitrogens with zero attached hydrogens (tertiary/aromatic N) is 1. The topological polar surface area (TPSA) is 114 Å². The summed E-state index contributed by atoms with van der Waals surface area (Å²) in [7, 11) is 1.50. The van der Waals surface area contributed by atoms with Crippen LogP contribution in [0.4, 0.5) is 16.2 Å². The van der Waals surface area contributed by atoms with Gasteiger partial charge in [0.25, 0.3) is 17.7 Å². The smallest absolute Gasteiger partial charge is 0.335 e. The van der Waals surface area contributed by atoms with Crippen LogP contribution in [0.15, 0.2) is 70.7 Å². The molecule has 38 heavy (non-hydrogen) atoms. The molecule has 0 saturated carbocycles. The lowest BCUT2D eigenvalue weighted by Gasteiger charge is -2.26. The second-order valence-corrected chi connectivity index (χ2v) is 9.36. The first-order valence-corrected chi connectivity index (χ1v) is 12.3. The number of hydrogen-bond donors (Lipinski definition) is 2. The van der Waals surface area contributed by atoms with Crippen molar-refractivity contribution in [3.63, 3.8) is 0 Å². The van der Waals surface area contributed by atoms with Gasteiger partial charge in [0.2, 0.25) is 0 Å². The van der Waals surface area contributed by atoms with E-state index in [-0.39, 0.29) is 23.8 Å². The van der Waals surface area contributed by atoms with Crippen LogP contribution in [0, 0.1) is 13.8 Å². The fourth-order valence-electron chi connectivity index (χ4n) is 3.71. The number of amides is 5. The van der Waals surface area contributed by atoms with Crippen LogP contribution >= 0.6 is 15.9 Å². The van der Waals surface area contributed by atoms with Crippen LogP contribution in [0.3, 0.4) is 0 Å². The van der Waals surface area contributed by atoms with Crippen LogP contribution in [-0.4, -0.2) is 37.5 Å². The van der Waals surface area contributed by atoms with Gasteiger partial charge in [0.15, 0.2) is 6.61 Å². The molecule has 1 aliphatic rings. The molecule has 0 radical (unpaired) electrons. The second kappa shape index (κ2) is 11.3. The van der Waals surface area contributed by atoms with Crippen molar-refractivity contribution in [3.05, 3.63) is 87.4 Å². The zero-order chi connectivity index (χ0) is 27.4. The fraction of sp³-hybridized carbons (Fsp3) is 0.143. The number of hydrogen-bond acceptors (Lipinski definition) is 6. The van der Waals surface area contributed by atoms with Crippen molar-refractivity contribution in [2.24, 2.45) is 0 Å². The fourth-order valence-corrected chi connectivity index (χ4v) is 4.22. The number of imide groups is 2. The molecule has 1 aliphatic heterocycles. The molecular formula is C28H24BrN3O6. The Balaban J connectivity index is 1.47. The van der Waals surface area contributed by atoms with Crippen molar-refractivity contribution in [3.8, 4) is 11.5 Å². The van der Waals surface area contributed by atoms with Gasteiger partial charge in [0, 0.05) is 5.69 Å². The largest absolute Gasteiger partial charge is 0.497 e. The number of carbonyl (C=O) groups excluding carboxylic acids is 4. The number of methoxy groups -OCH3 is 1. The normalized spacial score (nSPS) is 14.4. The van der Waals surface area contributed by atoms with E-state index in [1.165, 1.54) is 13.2 Å². The molecule has 3 aromatic carbocycles. The van der Waals surface area contributed by atoms with E-state index in [1.807, 2.05) is 32.0 Å². The molecular weight excluding hydrogens is 554 g/mol. The van der Waals surface area contributed by atoms with E-state index in [9.17, 15) is 19.2 Å². The summed E-state index contributed by atoms with van der Waals surface area (Å²) in [5.74, 6) is -0.921. The highest BCUT2D eigenvalue weighted by atomic mass is 79.9. The van der Waals surface area contributed by atoms with E-state index in [2.05, 4.69) is 26.6 Å². The molecule has 1 saturated heterocycles. The molecule has 1 heterocycles. The number of barbiturate groups is 1. The SMILES string of the molecule is COc1ccc(N2C(=O)NC(=O)/C(=C\c3ccc(OCC(=O)Nc4cc(C)ccc4C)c(Br)c3)C2=O)cc1. The van der Waals surface area contributed by atoms with Gasteiger partial charge in [-0.2, -0.15) is 0 Å². The van der Waals surface area contributed by atoms with Crippen LogP contribution in [0.25, 0.3) is 6.08 Å². The van der Waals surface area contributed by atoms with Gasteiger partial charge in [-0.15, -0.1) is 0 Å². The van der Waals surface area contributed by atoms with Crippen LogP contribution in [0.2, 0.25) is 0 Å². The summed E-state index contributed by atoms with van der Waals surface area (Å²) >= 11 is 3.40. The van der Waals surface area contributed by atoms with Crippen LogP contribution < -0.4 is 25.0 Å². The molecule has 2 N–H and O–H groups in total. The Bertz CT molecular complexity index is 1470. The maximum absolute atomic E-state index is 13.1. The van der Waals surface area contributed by atoms with Crippen molar-refractivity contribution < 1.29 is 28.7 Å². The van der Waals surface area contributed by atoms with Crippen molar-refractivity contribution in [1.29, 1.82) is 0 Å². The van der Waals surface area contributed by atoms with Gasteiger partial charge in [-0.3, -0.25) is 19.7 Å². The van der Waals surface area contributed by atoms with Gasteiger partial charge >= 0.3 is 6.03 Å². The Kier molecular flexibility index (Phi) is 7.92. The van der Waals surface area contributed by atoms with Gasteiger partial charge in [-0.1, -0.05) is 18.2 Å². The summed E-state index contributed by atoms with van der Waals surface area (Å²) in [5, 5.41) is 5.02. The number of carbonyl (C=O) groups is 4. The third-order valence-electron chi connectivity index (χ3n) is 5.73. The maximum atomic E-state index is 13.1. The minimum absolute atomic E-state index is 0.214. The van der Waals surface area contributed by atoms with E-state index < -0.39 is 17.8 Å². The Morgan fingerprint density at radius 2 is 1.76 bits per heavy atom. The third-order valence-corrected chi connectivity index (χ3v) is 6.34. The summed E-state index contributed by atoms with van der Waals surface area (Å²) in [5.41, 5.74) is 3.27. The van der Waals surface area contributed by atoms with E-state index in [0.29, 0.717) is 21.5 Å². The average molecular weight is 578 g/mol. The highest BCUT2D eigenvalue weighted by Crippen LogP contribution is 2.29. The van der Waals surface area contributed by atoms with E-state index in [0.717, 1.165) is 21.7 Å². The predicted molar refractivity (Wildman–Crippen MR) is 146 cm³/mol. The maximum Gasteiger partial charge on any atom is 0.335 e. The van der Waals surface area contributed by atoms with Gasteiger partial charge in [-0.25, -0.2) is 9.69 Å². The molecule has 0 unspecified atom stereocenters. The highest BCUT2D eigenvalue weighted by Gasteiger charge is 2.36. The molecule has 194 valence electrons. The molecule has 10 heteroatoms. The molecule has 0 atom stereocenters. The van der Waals surface area contributed by atoms with Gasteiger partial charge < -0.3 is 14.8 Å². The van der Waals surface area contributed by atoms with Gasteiger partial charge in [-0.05, 0) is 95.0 Å². The van der Waals surface area contributed by atoms with Crippen molar-refractivity contribution >= 4 is 57.1 Å². The zero-order valence-electron chi connectivity index (χ0n) is 20.8. The molecule has 0 aromatic heterocycles. The highest BCUT2D eigenvalue weighted by molar-refractivity contribution is 9.10. The number of benzene rings is 3. The number of rotatable bonds is 7. The minimum Gasteiger partial charge on any atom is -0.497 e. The lowest BCUT2D eigenvalue weighted by atomic mass is 10.1. The predicted octanol–water partition coefficient (Wildman–Crippen LogP) is 4.76. The third kappa shape index (κ3) is 5.92. The van der Waals surface area contributed by atoms with Crippen molar-refractivity contribution in [2.75, 3.05) is 23.9 Å². The number of nitrogens with one attached hydrogen (secondary N) is 2. The number of anilines is 2. The zero-order valence-corrected chi connectivity index (χ0v) is 22.4. The Hall–Kier alpha value is -4.44. The number of aryl methyl sites for hydroxylation is 2.